The molecule has 1 atom stereocenters. The summed E-state index contributed by atoms with van der Waals surface area (Å²) in [7, 11) is -3.60. The van der Waals surface area contributed by atoms with Crippen LogP contribution in [0.1, 0.15) is 18.5 Å². The molecule has 7 heteroatoms. The lowest BCUT2D eigenvalue weighted by atomic mass is 10.1. The smallest absolute Gasteiger partial charge is 0.350 e. The van der Waals surface area contributed by atoms with E-state index in [0.29, 0.717) is 4.31 Å². The Morgan fingerprint density at radius 3 is 2.29 bits per heavy atom. The Kier molecular flexibility index (Phi) is 4.05. The molecule has 1 unspecified atom stereocenters. The lowest BCUT2D eigenvalue weighted by Gasteiger charge is -2.24. The molecule has 1 rings (SSSR count). The molecule has 0 fully saturated rings. The number of hydrogen-bond donors (Lipinski definition) is 1. The maximum Gasteiger partial charge on any atom is 0.350 e. The Balaban J connectivity index is 3.07. The van der Waals surface area contributed by atoms with Gasteiger partial charge in [-0.15, -0.1) is 0 Å². The van der Waals surface area contributed by atoms with Crippen LogP contribution in [0, 0.1) is 0 Å². The summed E-state index contributed by atoms with van der Waals surface area (Å²) in [6, 6.07) is 5.14. The van der Waals surface area contributed by atoms with E-state index in [1.165, 1.54) is 19.1 Å². The highest BCUT2D eigenvalue weighted by molar-refractivity contribution is 7.89. The van der Waals surface area contributed by atoms with E-state index in [4.69, 9.17) is 0 Å². The molecule has 0 aromatic heterocycles. The van der Waals surface area contributed by atoms with E-state index in [2.05, 4.69) is 0 Å². The minimum atomic E-state index is -4.65. The number of phenolic OH excluding ortho intramolecular Hbond substituents is 1. The van der Waals surface area contributed by atoms with Crippen molar-refractivity contribution >= 4 is 10.0 Å². The van der Waals surface area contributed by atoms with E-state index in [9.17, 15) is 22.3 Å². The molecule has 1 aromatic carbocycles. The van der Waals surface area contributed by atoms with Gasteiger partial charge in [-0.05, 0) is 13.0 Å². The predicted molar refractivity (Wildman–Crippen MR) is 59.2 cm³/mol. The van der Waals surface area contributed by atoms with Crippen molar-refractivity contribution in [3.8, 4) is 5.75 Å². The predicted octanol–water partition coefficient (Wildman–Crippen LogP) is 1.94. The lowest BCUT2D eigenvalue weighted by molar-refractivity contribution is 0.217. The van der Waals surface area contributed by atoms with Gasteiger partial charge in [0, 0.05) is 12.6 Å². The van der Waals surface area contributed by atoms with E-state index in [-0.39, 0.29) is 11.3 Å². The van der Waals surface area contributed by atoms with Crippen molar-refractivity contribution < 1.29 is 22.3 Å². The second-order valence-electron chi connectivity index (χ2n) is 3.56. The van der Waals surface area contributed by atoms with Crippen LogP contribution in [0.4, 0.5) is 8.78 Å². The van der Waals surface area contributed by atoms with Crippen molar-refractivity contribution in [1.82, 2.24) is 4.31 Å². The van der Waals surface area contributed by atoms with E-state index in [1.54, 1.807) is 12.1 Å². The Morgan fingerprint density at radius 1 is 1.29 bits per heavy atom. The van der Waals surface area contributed by atoms with Gasteiger partial charge in [-0.2, -0.15) is 13.1 Å². The van der Waals surface area contributed by atoms with E-state index in [0.717, 1.165) is 7.05 Å². The Labute approximate surface area is 98.5 Å². The third-order valence-corrected chi connectivity index (χ3v) is 4.13. The molecule has 0 amide bonds. The maximum atomic E-state index is 12.3. The molecule has 17 heavy (non-hydrogen) atoms. The van der Waals surface area contributed by atoms with Gasteiger partial charge in [0.2, 0.25) is 0 Å². The lowest BCUT2D eigenvalue weighted by Crippen LogP contribution is -2.34. The van der Waals surface area contributed by atoms with Crippen molar-refractivity contribution in [3.63, 3.8) is 0 Å². The number of para-hydroxylation sites is 1. The Morgan fingerprint density at radius 2 is 1.82 bits per heavy atom. The SMILES string of the molecule is CC(c1ccccc1O)N(C)S(=O)(=O)C(F)F. The number of sulfonamides is 1. The second kappa shape index (κ2) is 4.97. The van der Waals surface area contributed by atoms with Gasteiger partial charge in [0.15, 0.2) is 0 Å². The number of alkyl halides is 2. The summed E-state index contributed by atoms with van der Waals surface area (Å²) in [6.07, 6.45) is 0. The standard InChI is InChI=1S/C10H13F2NO3S/c1-7(8-5-3-4-6-9(8)14)13(2)17(15,16)10(11)12/h3-7,10,14H,1-2H3. The van der Waals surface area contributed by atoms with Crippen LogP contribution in [-0.4, -0.2) is 30.6 Å². The van der Waals surface area contributed by atoms with Crippen LogP contribution >= 0.6 is 0 Å². The number of nitrogens with zero attached hydrogens (tertiary/aromatic N) is 1. The molecule has 0 saturated carbocycles. The van der Waals surface area contributed by atoms with Crippen molar-refractivity contribution in [2.24, 2.45) is 0 Å². The van der Waals surface area contributed by atoms with Crippen LogP contribution in [0.15, 0.2) is 24.3 Å². The number of benzene rings is 1. The molecule has 0 aliphatic heterocycles. The summed E-state index contributed by atoms with van der Waals surface area (Å²) in [5, 5.41) is 9.53. The average molecular weight is 265 g/mol. The van der Waals surface area contributed by atoms with Gasteiger partial charge >= 0.3 is 5.76 Å². The molecule has 0 saturated heterocycles. The van der Waals surface area contributed by atoms with Gasteiger partial charge in [0.1, 0.15) is 5.75 Å². The van der Waals surface area contributed by atoms with Crippen LogP contribution in [0.2, 0.25) is 0 Å². The normalized spacial score (nSPS) is 14.2. The number of halogens is 2. The minimum Gasteiger partial charge on any atom is -0.508 e. The second-order valence-corrected chi connectivity index (χ2v) is 5.52. The van der Waals surface area contributed by atoms with Gasteiger partial charge in [-0.3, -0.25) is 0 Å². The van der Waals surface area contributed by atoms with Crippen molar-refractivity contribution in [3.05, 3.63) is 29.8 Å². The third kappa shape index (κ3) is 2.73. The molecule has 0 aliphatic rings. The maximum absolute atomic E-state index is 12.3. The molecule has 0 radical (unpaired) electrons. The number of aromatic hydroxyl groups is 1. The third-order valence-electron chi connectivity index (χ3n) is 2.56. The molecule has 96 valence electrons. The number of phenols is 1. The van der Waals surface area contributed by atoms with Crippen molar-refractivity contribution in [2.45, 2.75) is 18.7 Å². The zero-order chi connectivity index (χ0) is 13.2. The average Bonchev–Trinajstić information content (AvgIpc) is 2.27. The largest absolute Gasteiger partial charge is 0.508 e. The van der Waals surface area contributed by atoms with Crippen LogP contribution in [0.25, 0.3) is 0 Å². The molecule has 0 spiro atoms. The van der Waals surface area contributed by atoms with Gasteiger partial charge in [-0.25, -0.2) is 8.42 Å². The quantitative estimate of drug-likeness (QED) is 0.905. The highest BCUT2D eigenvalue weighted by Crippen LogP contribution is 2.30. The number of rotatable bonds is 4. The fourth-order valence-corrected chi connectivity index (χ4v) is 2.19. The van der Waals surface area contributed by atoms with Gasteiger partial charge in [-0.1, -0.05) is 18.2 Å². The summed E-state index contributed by atoms with van der Waals surface area (Å²) >= 11 is 0. The fraction of sp³-hybridized carbons (Fsp3) is 0.400. The van der Waals surface area contributed by atoms with Gasteiger partial charge in [0.25, 0.3) is 10.0 Å². The van der Waals surface area contributed by atoms with E-state index >= 15 is 0 Å². The summed E-state index contributed by atoms with van der Waals surface area (Å²) < 4.78 is 47.7. The van der Waals surface area contributed by atoms with Crippen LogP contribution < -0.4 is 0 Å². The monoisotopic (exact) mass is 265 g/mol. The van der Waals surface area contributed by atoms with Gasteiger partial charge < -0.3 is 5.11 Å². The first-order valence-corrected chi connectivity index (χ1v) is 6.31. The van der Waals surface area contributed by atoms with Crippen LogP contribution in [0.3, 0.4) is 0 Å². The first-order chi connectivity index (χ1) is 7.78. The molecule has 0 bridgehead atoms. The van der Waals surface area contributed by atoms with Crippen molar-refractivity contribution in [1.29, 1.82) is 0 Å². The van der Waals surface area contributed by atoms with Crippen molar-refractivity contribution in [2.75, 3.05) is 7.05 Å². The molecular weight excluding hydrogens is 252 g/mol. The highest BCUT2D eigenvalue weighted by atomic mass is 32.2. The summed E-state index contributed by atoms with van der Waals surface area (Å²) in [5.74, 6) is -3.60. The Bertz CT molecular complexity index is 490. The molecule has 0 aliphatic carbocycles. The number of hydrogen-bond acceptors (Lipinski definition) is 3. The summed E-state index contributed by atoms with van der Waals surface area (Å²) in [4.78, 5) is 0. The van der Waals surface area contributed by atoms with Gasteiger partial charge in [0.05, 0.1) is 6.04 Å². The first kappa shape index (κ1) is 13.9. The highest BCUT2D eigenvalue weighted by Gasteiger charge is 2.33. The molecule has 1 N–H and O–H groups in total. The van der Waals surface area contributed by atoms with E-state index < -0.39 is 21.8 Å². The topological polar surface area (TPSA) is 57.6 Å². The molecule has 0 heterocycles. The molecule has 4 nitrogen and oxygen atoms in total. The zero-order valence-corrected chi connectivity index (χ0v) is 10.2. The van der Waals surface area contributed by atoms with E-state index in [1.807, 2.05) is 0 Å². The fourth-order valence-electron chi connectivity index (χ4n) is 1.38. The zero-order valence-electron chi connectivity index (χ0n) is 9.34. The first-order valence-electron chi connectivity index (χ1n) is 4.81. The molecule has 1 aromatic rings. The summed E-state index contributed by atoms with van der Waals surface area (Å²) in [5.41, 5.74) is 0.277. The van der Waals surface area contributed by atoms with Crippen LogP contribution in [-0.2, 0) is 10.0 Å². The minimum absolute atomic E-state index is 0.128. The Hall–Kier alpha value is -1.21. The summed E-state index contributed by atoms with van der Waals surface area (Å²) in [6.45, 7) is 1.43. The molecular formula is C10H13F2NO3S. The van der Waals surface area contributed by atoms with Crippen LogP contribution in [0.5, 0.6) is 5.75 Å².